The van der Waals surface area contributed by atoms with Crippen molar-refractivity contribution in [3.8, 4) is 0 Å². The van der Waals surface area contributed by atoms with E-state index in [0.29, 0.717) is 5.92 Å². The Kier molecular flexibility index (Phi) is 4.75. The molecule has 1 nitrogen and oxygen atoms in total. The zero-order valence-corrected chi connectivity index (χ0v) is 11.9. The highest BCUT2D eigenvalue weighted by molar-refractivity contribution is 5.27. The van der Waals surface area contributed by atoms with E-state index in [0.717, 1.165) is 19.4 Å². The van der Waals surface area contributed by atoms with Gasteiger partial charge in [-0.05, 0) is 55.8 Å². The molecule has 1 heteroatoms. The summed E-state index contributed by atoms with van der Waals surface area (Å²) in [6, 6.07) is 17.4. The number of nitrogens with two attached hydrogens (primary N) is 1. The Morgan fingerprint density at radius 2 is 1.58 bits per heavy atom. The molecule has 0 aromatic heterocycles. The lowest BCUT2D eigenvalue weighted by atomic mass is 9.91. The van der Waals surface area contributed by atoms with Gasteiger partial charge in [-0.1, -0.05) is 54.1 Å². The minimum absolute atomic E-state index is 0.517. The maximum Gasteiger partial charge on any atom is -0.00425 e. The van der Waals surface area contributed by atoms with Gasteiger partial charge in [0.15, 0.2) is 0 Å². The van der Waals surface area contributed by atoms with Crippen molar-refractivity contribution >= 4 is 0 Å². The summed E-state index contributed by atoms with van der Waals surface area (Å²) < 4.78 is 0. The molecule has 19 heavy (non-hydrogen) atoms. The molecule has 0 aliphatic carbocycles. The number of hydrogen-bond acceptors (Lipinski definition) is 1. The average molecular weight is 253 g/mol. The van der Waals surface area contributed by atoms with Crippen LogP contribution in [0.3, 0.4) is 0 Å². The molecule has 2 aromatic carbocycles. The molecule has 0 saturated carbocycles. The summed E-state index contributed by atoms with van der Waals surface area (Å²) in [5.41, 5.74) is 11.4. The average Bonchev–Trinajstić information content (AvgIpc) is 2.43. The predicted octanol–water partition coefficient (Wildman–Crippen LogP) is 3.66. The van der Waals surface area contributed by atoms with Crippen LogP contribution < -0.4 is 5.73 Å². The van der Waals surface area contributed by atoms with Gasteiger partial charge in [-0.25, -0.2) is 0 Å². The van der Waals surface area contributed by atoms with Gasteiger partial charge in [0.2, 0.25) is 0 Å². The summed E-state index contributed by atoms with van der Waals surface area (Å²) in [7, 11) is 0. The van der Waals surface area contributed by atoms with E-state index in [-0.39, 0.29) is 0 Å². The quantitative estimate of drug-likeness (QED) is 0.864. The molecule has 0 aliphatic rings. The van der Waals surface area contributed by atoms with Crippen molar-refractivity contribution in [2.45, 2.75) is 26.7 Å². The molecular formula is C18H23N. The van der Waals surface area contributed by atoms with Gasteiger partial charge in [-0.15, -0.1) is 0 Å². The van der Waals surface area contributed by atoms with Crippen molar-refractivity contribution in [1.82, 2.24) is 0 Å². The van der Waals surface area contributed by atoms with Crippen molar-refractivity contribution in [2.24, 2.45) is 11.7 Å². The first-order valence-electron chi connectivity index (χ1n) is 6.99. The van der Waals surface area contributed by atoms with Crippen molar-refractivity contribution in [2.75, 3.05) is 6.54 Å². The van der Waals surface area contributed by atoms with Crippen LogP contribution in [0.15, 0.2) is 48.5 Å². The SMILES string of the molecule is Cc1ccc(CC(CN)Cc2ccccc2C)cc1. The molecule has 2 aromatic rings. The maximum absolute atomic E-state index is 5.95. The molecule has 0 amide bonds. The maximum atomic E-state index is 5.95. The highest BCUT2D eigenvalue weighted by Crippen LogP contribution is 2.17. The molecule has 1 atom stereocenters. The van der Waals surface area contributed by atoms with Crippen LogP contribution in [0.2, 0.25) is 0 Å². The van der Waals surface area contributed by atoms with Crippen LogP contribution in [0.4, 0.5) is 0 Å². The minimum atomic E-state index is 0.517. The van der Waals surface area contributed by atoms with Crippen molar-refractivity contribution < 1.29 is 0 Å². The first-order chi connectivity index (χ1) is 9.19. The third-order valence-corrected chi connectivity index (χ3v) is 3.75. The van der Waals surface area contributed by atoms with Gasteiger partial charge in [0.25, 0.3) is 0 Å². The largest absolute Gasteiger partial charge is 0.330 e. The lowest BCUT2D eigenvalue weighted by molar-refractivity contribution is 0.532. The molecule has 100 valence electrons. The van der Waals surface area contributed by atoms with E-state index in [1.165, 1.54) is 22.3 Å². The standard InChI is InChI=1S/C18H23N/c1-14-7-9-16(10-8-14)11-17(13-19)12-18-6-4-3-5-15(18)2/h3-10,17H,11-13,19H2,1-2H3. The number of benzene rings is 2. The summed E-state index contributed by atoms with van der Waals surface area (Å²) in [4.78, 5) is 0. The fourth-order valence-corrected chi connectivity index (χ4v) is 2.45. The van der Waals surface area contributed by atoms with Gasteiger partial charge in [0.1, 0.15) is 0 Å². The van der Waals surface area contributed by atoms with E-state index in [4.69, 9.17) is 5.73 Å². The molecule has 2 rings (SSSR count). The molecule has 0 saturated heterocycles. The zero-order valence-electron chi connectivity index (χ0n) is 11.9. The molecule has 0 radical (unpaired) electrons. The van der Waals surface area contributed by atoms with Crippen molar-refractivity contribution in [3.05, 3.63) is 70.8 Å². The molecular weight excluding hydrogens is 230 g/mol. The van der Waals surface area contributed by atoms with Gasteiger partial charge < -0.3 is 5.73 Å². The monoisotopic (exact) mass is 253 g/mol. The van der Waals surface area contributed by atoms with Crippen LogP contribution in [0, 0.1) is 19.8 Å². The normalized spacial score (nSPS) is 12.4. The molecule has 0 bridgehead atoms. The molecule has 2 N–H and O–H groups in total. The van der Waals surface area contributed by atoms with Crippen LogP contribution in [0.25, 0.3) is 0 Å². The van der Waals surface area contributed by atoms with E-state index in [2.05, 4.69) is 62.4 Å². The third kappa shape index (κ3) is 3.93. The first kappa shape index (κ1) is 13.8. The highest BCUT2D eigenvalue weighted by atomic mass is 14.5. The summed E-state index contributed by atoms with van der Waals surface area (Å²) >= 11 is 0. The fraction of sp³-hybridized carbons (Fsp3) is 0.333. The predicted molar refractivity (Wildman–Crippen MR) is 82.3 cm³/mol. The molecule has 1 unspecified atom stereocenters. The van der Waals surface area contributed by atoms with Gasteiger partial charge in [0.05, 0.1) is 0 Å². The Morgan fingerprint density at radius 1 is 0.895 bits per heavy atom. The van der Waals surface area contributed by atoms with Crippen molar-refractivity contribution in [1.29, 1.82) is 0 Å². The number of aryl methyl sites for hydroxylation is 2. The molecule has 0 aliphatic heterocycles. The van der Waals surface area contributed by atoms with Crippen LogP contribution >= 0.6 is 0 Å². The lowest BCUT2D eigenvalue weighted by Crippen LogP contribution is -2.19. The zero-order chi connectivity index (χ0) is 13.7. The number of rotatable bonds is 5. The Labute approximate surface area is 116 Å². The van der Waals surface area contributed by atoms with Gasteiger partial charge in [-0.3, -0.25) is 0 Å². The topological polar surface area (TPSA) is 26.0 Å². The Morgan fingerprint density at radius 3 is 2.21 bits per heavy atom. The first-order valence-corrected chi connectivity index (χ1v) is 6.99. The Hall–Kier alpha value is -1.60. The summed E-state index contributed by atoms with van der Waals surface area (Å²) in [6.07, 6.45) is 2.13. The van der Waals surface area contributed by atoms with E-state index < -0.39 is 0 Å². The Balaban J connectivity index is 2.05. The minimum Gasteiger partial charge on any atom is -0.330 e. The third-order valence-electron chi connectivity index (χ3n) is 3.75. The highest BCUT2D eigenvalue weighted by Gasteiger charge is 2.10. The van der Waals surface area contributed by atoms with Gasteiger partial charge in [-0.2, -0.15) is 0 Å². The van der Waals surface area contributed by atoms with Gasteiger partial charge >= 0.3 is 0 Å². The molecule has 0 fully saturated rings. The second-order valence-corrected chi connectivity index (χ2v) is 5.42. The summed E-state index contributed by atoms with van der Waals surface area (Å²) in [5.74, 6) is 0.517. The number of hydrogen-bond donors (Lipinski definition) is 1. The van der Waals surface area contributed by atoms with Crippen LogP contribution in [-0.4, -0.2) is 6.54 Å². The van der Waals surface area contributed by atoms with Crippen LogP contribution in [0.5, 0.6) is 0 Å². The summed E-state index contributed by atoms with van der Waals surface area (Å²) in [5, 5.41) is 0. The molecule has 0 spiro atoms. The van der Waals surface area contributed by atoms with Crippen molar-refractivity contribution in [3.63, 3.8) is 0 Å². The van der Waals surface area contributed by atoms with E-state index in [1.807, 2.05) is 0 Å². The summed E-state index contributed by atoms with van der Waals surface area (Å²) in [6.45, 7) is 5.04. The van der Waals surface area contributed by atoms with Gasteiger partial charge in [0, 0.05) is 0 Å². The smallest absolute Gasteiger partial charge is 0.00425 e. The second-order valence-electron chi connectivity index (χ2n) is 5.42. The van der Waals surface area contributed by atoms with E-state index in [1.54, 1.807) is 0 Å². The fourth-order valence-electron chi connectivity index (χ4n) is 2.45. The molecule has 0 heterocycles. The second kappa shape index (κ2) is 6.53. The lowest BCUT2D eigenvalue weighted by Gasteiger charge is -2.16. The van der Waals surface area contributed by atoms with Crippen LogP contribution in [-0.2, 0) is 12.8 Å². The Bertz CT molecular complexity index is 513. The van der Waals surface area contributed by atoms with Crippen LogP contribution in [0.1, 0.15) is 22.3 Å². The van der Waals surface area contributed by atoms with E-state index in [9.17, 15) is 0 Å². The van der Waals surface area contributed by atoms with E-state index >= 15 is 0 Å².